The molecule has 176 valence electrons. The van der Waals surface area contributed by atoms with Gasteiger partial charge in [-0.2, -0.15) is 0 Å². The number of methoxy groups -OCH3 is 1. The highest BCUT2D eigenvalue weighted by Crippen LogP contribution is 2.44. The monoisotopic (exact) mass is 467 g/mol. The average Bonchev–Trinajstić information content (AvgIpc) is 3.44. The Balaban J connectivity index is 1.15. The summed E-state index contributed by atoms with van der Waals surface area (Å²) in [4.78, 5) is 31.5. The van der Waals surface area contributed by atoms with Crippen LogP contribution >= 0.6 is 0 Å². The van der Waals surface area contributed by atoms with Crippen LogP contribution in [0.4, 0.5) is 4.79 Å². The number of carbonyl (C=O) groups is 2. The molecule has 3 aromatic carbocycles. The molecule has 0 aliphatic heterocycles. The van der Waals surface area contributed by atoms with Crippen LogP contribution in [0, 0.1) is 0 Å². The Morgan fingerprint density at radius 2 is 1.74 bits per heavy atom. The van der Waals surface area contributed by atoms with Crippen molar-refractivity contribution in [3.63, 3.8) is 0 Å². The molecule has 0 atom stereocenters. The van der Waals surface area contributed by atoms with E-state index in [1.54, 1.807) is 6.08 Å². The highest BCUT2D eigenvalue weighted by Gasteiger charge is 2.28. The quantitative estimate of drug-likeness (QED) is 0.300. The van der Waals surface area contributed by atoms with E-state index in [9.17, 15) is 9.59 Å². The molecule has 0 fully saturated rings. The van der Waals surface area contributed by atoms with Gasteiger partial charge < -0.3 is 19.8 Å². The molecule has 0 unspecified atom stereocenters. The standard InChI is InChI=1S/C28H25N3O4/c1-34-27(32)13-11-18-10-12-24-25(16-18)31-26(30-24)14-15-29-28(33)35-17-23-21-8-4-2-6-19(21)20-7-3-5-9-22(20)23/h2-13,16,23H,14-15,17H2,1H3,(H,29,33)(H,30,31). The second-order valence-electron chi connectivity index (χ2n) is 8.32. The van der Waals surface area contributed by atoms with Crippen LogP contribution < -0.4 is 5.32 Å². The van der Waals surface area contributed by atoms with Crippen molar-refractivity contribution < 1.29 is 19.1 Å². The van der Waals surface area contributed by atoms with Crippen LogP contribution in [0.3, 0.4) is 0 Å². The molecule has 5 rings (SSSR count). The molecule has 7 heteroatoms. The van der Waals surface area contributed by atoms with Crippen LogP contribution in [0.15, 0.2) is 72.8 Å². The van der Waals surface area contributed by atoms with Gasteiger partial charge >= 0.3 is 12.1 Å². The number of imidazole rings is 1. The first kappa shape index (κ1) is 22.4. The molecule has 1 aliphatic rings. The number of nitrogens with one attached hydrogen (secondary N) is 2. The Morgan fingerprint density at radius 3 is 2.46 bits per heavy atom. The van der Waals surface area contributed by atoms with Crippen LogP contribution in [0.2, 0.25) is 0 Å². The predicted molar refractivity (Wildman–Crippen MR) is 134 cm³/mol. The lowest BCUT2D eigenvalue weighted by Gasteiger charge is -2.14. The summed E-state index contributed by atoms with van der Waals surface area (Å²) in [5.74, 6) is 0.383. The molecule has 1 aromatic heterocycles. The molecule has 0 saturated heterocycles. The first-order valence-electron chi connectivity index (χ1n) is 11.5. The van der Waals surface area contributed by atoms with E-state index >= 15 is 0 Å². The fourth-order valence-corrected chi connectivity index (χ4v) is 4.47. The molecule has 2 N–H and O–H groups in total. The molecule has 7 nitrogen and oxygen atoms in total. The van der Waals surface area contributed by atoms with Gasteiger partial charge in [0.15, 0.2) is 0 Å². The summed E-state index contributed by atoms with van der Waals surface area (Å²) in [7, 11) is 1.34. The van der Waals surface area contributed by atoms with E-state index in [1.807, 2.05) is 42.5 Å². The SMILES string of the molecule is COC(=O)C=Cc1ccc2nc(CCNC(=O)OCC3c4ccccc4-c4ccccc43)[nH]c2c1. The number of benzene rings is 3. The van der Waals surface area contributed by atoms with Gasteiger partial charge in [-0.25, -0.2) is 14.6 Å². The summed E-state index contributed by atoms with van der Waals surface area (Å²) in [6, 6.07) is 22.2. The zero-order valence-corrected chi connectivity index (χ0v) is 19.3. The van der Waals surface area contributed by atoms with Gasteiger partial charge in [0.05, 0.1) is 18.1 Å². The zero-order valence-electron chi connectivity index (χ0n) is 19.3. The minimum Gasteiger partial charge on any atom is -0.466 e. The molecule has 1 amide bonds. The third-order valence-electron chi connectivity index (χ3n) is 6.14. The number of hydrogen-bond donors (Lipinski definition) is 2. The molecular weight excluding hydrogens is 442 g/mol. The average molecular weight is 468 g/mol. The number of aromatic nitrogens is 2. The zero-order chi connectivity index (χ0) is 24.2. The van der Waals surface area contributed by atoms with E-state index in [4.69, 9.17) is 4.74 Å². The van der Waals surface area contributed by atoms with Crippen molar-refractivity contribution in [2.24, 2.45) is 0 Å². The van der Waals surface area contributed by atoms with Gasteiger partial charge in [-0.05, 0) is 46.0 Å². The Labute approximate surface area is 202 Å². The van der Waals surface area contributed by atoms with Crippen molar-refractivity contribution in [2.45, 2.75) is 12.3 Å². The number of alkyl carbamates (subject to hydrolysis) is 1. The van der Waals surface area contributed by atoms with E-state index in [0.29, 0.717) is 13.0 Å². The van der Waals surface area contributed by atoms with Gasteiger partial charge in [-0.1, -0.05) is 54.6 Å². The number of rotatable bonds is 7. The number of fused-ring (bicyclic) bond motifs is 4. The normalized spacial score (nSPS) is 12.5. The second kappa shape index (κ2) is 9.85. The van der Waals surface area contributed by atoms with Crippen molar-refractivity contribution in [3.8, 4) is 11.1 Å². The predicted octanol–water partition coefficient (Wildman–Crippen LogP) is 4.83. The maximum Gasteiger partial charge on any atom is 0.407 e. The number of esters is 1. The number of hydrogen-bond acceptors (Lipinski definition) is 5. The lowest BCUT2D eigenvalue weighted by atomic mass is 9.98. The fraction of sp³-hybridized carbons (Fsp3) is 0.179. The van der Waals surface area contributed by atoms with Crippen molar-refractivity contribution >= 4 is 29.2 Å². The van der Waals surface area contributed by atoms with Crippen molar-refractivity contribution in [1.82, 2.24) is 15.3 Å². The number of ether oxygens (including phenoxy) is 2. The van der Waals surface area contributed by atoms with Crippen LogP contribution in [-0.2, 0) is 20.7 Å². The van der Waals surface area contributed by atoms with Crippen LogP contribution in [-0.4, -0.2) is 42.3 Å². The van der Waals surface area contributed by atoms with Crippen LogP contribution in [0.5, 0.6) is 0 Å². The van der Waals surface area contributed by atoms with Crippen LogP contribution in [0.25, 0.3) is 28.2 Å². The number of aromatic amines is 1. The van der Waals surface area contributed by atoms with Crippen molar-refractivity contribution in [2.75, 3.05) is 20.3 Å². The van der Waals surface area contributed by atoms with Gasteiger partial charge in [0, 0.05) is 25.0 Å². The van der Waals surface area contributed by atoms with E-state index in [2.05, 4.69) is 44.3 Å². The number of carbonyl (C=O) groups excluding carboxylic acids is 2. The van der Waals surface area contributed by atoms with Gasteiger partial charge in [-0.15, -0.1) is 0 Å². The van der Waals surface area contributed by atoms with Crippen LogP contribution in [0.1, 0.15) is 28.4 Å². The van der Waals surface area contributed by atoms with Gasteiger partial charge in [-0.3, -0.25) is 0 Å². The highest BCUT2D eigenvalue weighted by atomic mass is 16.5. The molecule has 1 aliphatic carbocycles. The van der Waals surface area contributed by atoms with Crippen molar-refractivity contribution in [1.29, 1.82) is 0 Å². The summed E-state index contributed by atoms with van der Waals surface area (Å²) in [5.41, 5.74) is 7.30. The molecule has 0 saturated carbocycles. The Kier molecular flexibility index (Phi) is 6.30. The first-order valence-corrected chi connectivity index (χ1v) is 11.5. The first-order chi connectivity index (χ1) is 17.1. The van der Waals surface area contributed by atoms with E-state index in [0.717, 1.165) is 22.4 Å². The topological polar surface area (TPSA) is 93.3 Å². The highest BCUT2D eigenvalue weighted by molar-refractivity contribution is 5.88. The van der Waals surface area contributed by atoms with E-state index in [1.165, 1.54) is 35.4 Å². The summed E-state index contributed by atoms with van der Waals surface area (Å²) >= 11 is 0. The fourth-order valence-electron chi connectivity index (χ4n) is 4.47. The molecule has 0 bridgehead atoms. The van der Waals surface area contributed by atoms with E-state index < -0.39 is 12.1 Å². The third kappa shape index (κ3) is 4.80. The summed E-state index contributed by atoms with van der Waals surface area (Å²) in [6.07, 6.45) is 3.14. The van der Waals surface area contributed by atoms with Gasteiger partial charge in [0.25, 0.3) is 0 Å². The second-order valence-corrected chi connectivity index (χ2v) is 8.32. The number of H-pyrrole nitrogens is 1. The molecule has 35 heavy (non-hydrogen) atoms. The van der Waals surface area contributed by atoms with Crippen molar-refractivity contribution in [3.05, 3.63) is 95.3 Å². The minimum atomic E-state index is -0.446. The number of amides is 1. The number of nitrogens with zero attached hydrogens (tertiary/aromatic N) is 1. The lowest BCUT2D eigenvalue weighted by Crippen LogP contribution is -2.28. The Morgan fingerprint density at radius 1 is 1.03 bits per heavy atom. The maximum atomic E-state index is 12.4. The summed E-state index contributed by atoms with van der Waals surface area (Å²) in [6.45, 7) is 0.679. The summed E-state index contributed by atoms with van der Waals surface area (Å²) < 4.78 is 10.2. The molecule has 4 aromatic rings. The molecule has 1 heterocycles. The maximum absolute atomic E-state index is 12.4. The van der Waals surface area contributed by atoms with E-state index in [-0.39, 0.29) is 12.5 Å². The molecule has 0 spiro atoms. The van der Waals surface area contributed by atoms with Gasteiger partial charge in [0.1, 0.15) is 12.4 Å². The molecule has 0 radical (unpaired) electrons. The Hall–Kier alpha value is -4.39. The summed E-state index contributed by atoms with van der Waals surface area (Å²) in [5, 5.41) is 2.81. The smallest absolute Gasteiger partial charge is 0.407 e. The third-order valence-corrected chi connectivity index (χ3v) is 6.14. The minimum absolute atomic E-state index is 0.0333. The largest absolute Gasteiger partial charge is 0.466 e. The lowest BCUT2D eigenvalue weighted by molar-refractivity contribution is -0.134. The van der Waals surface area contributed by atoms with Gasteiger partial charge in [0.2, 0.25) is 0 Å². The Bertz CT molecular complexity index is 1380. The molecular formula is C28H25N3O4.